The summed E-state index contributed by atoms with van der Waals surface area (Å²) in [5.41, 5.74) is 0.860. The lowest BCUT2D eigenvalue weighted by Crippen LogP contribution is -2.32. The first kappa shape index (κ1) is 14.2. The molecule has 0 fully saturated rings. The van der Waals surface area contributed by atoms with E-state index in [1.54, 1.807) is 19.1 Å². The second-order valence-corrected chi connectivity index (χ2v) is 4.42. The van der Waals surface area contributed by atoms with Gasteiger partial charge in [0.05, 0.1) is 4.92 Å². The highest BCUT2D eigenvalue weighted by atomic mass is 16.6. The predicted molar refractivity (Wildman–Crippen MR) is 69.7 cm³/mol. The summed E-state index contributed by atoms with van der Waals surface area (Å²) in [4.78, 5) is 22.2. The standard InChI is InChI=1S/C13H18N2O3/c1-4-5-10(3)14-13(16)11-7-6-9(2)12(8-11)15(17)18/h6-8,10H,4-5H2,1-3H3,(H,14,16)/t10-/m0/s1. The number of amides is 1. The van der Waals surface area contributed by atoms with Gasteiger partial charge in [0.15, 0.2) is 0 Å². The zero-order valence-corrected chi connectivity index (χ0v) is 10.9. The Bertz CT molecular complexity index is 458. The van der Waals surface area contributed by atoms with Gasteiger partial charge in [-0.1, -0.05) is 19.4 Å². The Kier molecular flexibility index (Phi) is 4.83. The fourth-order valence-electron chi connectivity index (χ4n) is 1.76. The van der Waals surface area contributed by atoms with E-state index in [0.29, 0.717) is 11.1 Å². The number of nitrogens with zero attached hydrogens (tertiary/aromatic N) is 1. The molecule has 98 valence electrons. The second kappa shape index (κ2) is 6.14. The Labute approximate surface area is 106 Å². The number of hydrogen-bond acceptors (Lipinski definition) is 3. The summed E-state index contributed by atoms with van der Waals surface area (Å²) < 4.78 is 0. The van der Waals surface area contributed by atoms with E-state index in [-0.39, 0.29) is 17.6 Å². The summed E-state index contributed by atoms with van der Waals surface area (Å²) in [6, 6.07) is 4.60. The van der Waals surface area contributed by atoms with Crippen molar-refractivity contribution >= 4 is 11.6 Å². The number of nitrogens with one attached hydrogen (secondary N) is 1. The highest BCUT2D eigenvalue weighted by Crippen LogP contribution is 2.19. The molecule has 0 bridgehead atoms. The molecule has 1 aromatic rings. The molecule has 0 saturated heterocycles. The first-order valence-corrected chi connectivity index (χ1v) is 6.01. The molecule has 0 saturated carbocycles. The van der Waals surface area contributed by atoms with Crippen LogP contribution in [0.3, 0.4) is 0 Å². The molecule has 0 spiro atoms. The average Bonchev–Trinajstić information content (AvgIpc) is 2.29. The van der Waals surface area contributed by atoms with Gasteiger partial charge in [-0.15, -0.1) is 0 Å². The summed E-state index contributed by atoms with van der Waals surface area (Å²) in [6.07, 6.45) is 1.87. The molecular formula is C13H18N2O3. The average molecular weight is 250 g/mol. The van der Waals surface area contributed by atoms with Crippen molar-refractivity contribution in [3.05, 3.63) is 39.4 Å². The minimum absolute atomic E-state index is 0.0224. The van der Waals surface area contributed by atoms with Crippen LogP contribution in [-0.2, 0) is 0 Å². The summed E-state index contributed by atoms with van der Waals surface area (Å²) in [7, 11) is 0. The number of carbonyl (C=O) groups is 1. The Balaban J connectivity index is 2.87. The molecule has 5 nitrogen and oxygen atoms in total. The van der Waals surface area contributed by atoms with Crippen molar-refractivity contribution in [2.75, 3.05) is 0 Å². The van der Waals surface area contributed by atoms with Crippen molar-refractivity contribution in [2.24, 2.45) is 0 Å². The van der Waals surface area contributed by atoms with E-state index < -0.39 is 4.92 Å². The van der Waals surface area contributed by atoms with Crippen molar-refractivity contribution < 1.29 is 9.72 Å². The quantitative estimate of drug-likeness (QED) is 0.645. The first-order chi connectivity index (χ1) is 8.45. The Morgan fingerprint density at radius 2 is 2.17 bits per heavy atom. The molecular weight excluding hydrogens is 232 g/mol. The Hall–Kier alpha value is -1.91. The van der Waals surface area contributed by atoms with E-state index in [9.17, 15) is 14.9 Å². The lowest BCUT2D eigenvalue weighted by Gasteiger charge is -2.12. The second-order valence-electron chi connectivity index (χ2n) is 4.42. The molecule has 1 atom stereocenters. The van der Waals surface area contributed by atoms with Crippen LogP contribution in [0.4, 0.5) is 5.69 Å². The van der Waals surface area contributed by atoms with E-state index in [1.807, 2.05) is 13.8 Å². The molecule has 18 heavy (non-hydrogen) atoms. The first-order valence-electron chi connectivity index (χ1n) is 6.01. The van der Waals surface area contributed by atoms with Gasteiger partial charge in [-0.2, -0.15) is 0 Å². The van der Waals surface area contributed by atoms with Crippen molar-refractivity contribution in [2.45, 2.75) is 39.7 Å². The minimum atomic E-state index is -0.471. The third kappa shape index (κ3) is 3.55. The Morgan fingerprint density at radius 1 is 1.50 bits per heavy atom. The van der Waals surface area contributed by atoms with Crippen LogP contribution >= 0.6 is 0 Å². The summed E-state index contributed by atoms with van der Waals surface area (Å²) in [5.74, 6) is -0.265. The van der Waals surface area contributed by atoms with Crippen LogP contribution in [0.1, 0.15) is 42.6 Å². The van der Waals surface area contributed by atoms with Gasteiger partial charge in [0.2, 0.25) is 0 Å². The third-order valence-corrected chi connectivity index (χ3v) is 2.77. The van der Waals surface area contributed by atoms with Gasteiger partial charge < -0.3 is 5.32 Å². The molecule has 1 aromatic carbocycles. The maximum atomic E-state index is 11.9. The normalized spacial score (nSPS) is 11.9. The number of nitro benzene ring substituents is 1. The maximum absolute atomic E-state index is 11.9. The number of hydrogen-bond donors (Lipinski definition) is 1. The molecule has 0 aromatic heterocycles. The van der Waals surface area contributed by atoms with E-state index in [0.717, 1.165) is 12.8 Å². The van der Waals surface area contributed by atoms with Crippen LogP contribution in [0.15, 0.2) is 18.2 Å². The molecule has 1 N–H and O–H groups in total. The van der Waals surface area contributed by atoms with Gasteiger partial charge in [0, 0.05) is 23.2 Å². The summed E-state index contributed by atoms with van der Waals surface area (Å²) >= 11 is 0. The van der Waals surface area contributed by atoms with Gasteiger partial charge in [-0.25, -0.2) is 0 Å². The highest BCUT2D eigenvalue weighted by molar-refractivity contribution is 5.95. The number of carbonyl (C=O) groups excluding carboxylic acids is 1. The molecule has 0 aliphatic rings. The van der Waals surface area contributed by atoms with Crippen LogP contribution in [-0.4, -0.2) is 16.9 Å². The Morgan fingerprint density at radius 3 is 2.72 bits per heavy atom. The number of nitro groups is 1. The van der Waals surface area contributed by atoms with Crippen LogP contribution in [0.25, 0.3) is 0 Å². The number of aryl methyl sites for hydroxylation is 1. The van der Waals surface area contributed by atoms with Crippen LogP contribution in [0, 0.1) is 17.0 Å². The lowest BCUT2D eigenvalue weighted by molar-refractivity contribution is -0.385. The summed E-state index contributed by atoms with van der Waals surface area (Å²) in [6.45, 7) is 5.61. The molecule has 0 aliphatic heterocycles. The van der Waals surface area contributed by atoms with Gasteiger partial charge in [-0.05, 0) is 26.3 Å². The lowest BCUT2D eigenvalue weighted by atomic mass is 10.1. The molecule has 0 radical (unpaired) electrons. The van der Waals surface area contributed by atoms with Crippen LogP contribution in [0.5, 0.6) is 0 Å². The van der Waals surface area contributed by atoms with Gasteiger partial charge in [-0.3, -0.25) is 14.9 Å². The van der Waals surface area contributed by atoms with Crippen molar-refractivity contribution in [3.63, 3.8) is 0 Å². The zero-order chi connectivity index (χ0) is 13.7. The smallest absolute Gasteiger partial charge is 0.273 e. The highest BCUT2D eigenvalue weighted by Gasteiger charge is 2.15. The zero-order valence-electron chi connectivity index (χ0n) is 10.9. The molecule has 0 unspecified atom stereocenters. The predicted octanol–water partition coefficient (Wildman–Crippen LogP) is 2.82. The van der Waals surface area contributed by atoms with Gasteiger partial charge in [0.25, 0.3) is 11.6 Å². The van der Waals surface area contributed by atoms with Gasteiger partial charge in [0.1, 0.15) is 0 Å². The largest absolute Gasteiger partial charge is 0.350 e. The van der Waals surface area contributed by atoms with E-state index >= 15 is 0 Å². The molecule has 5 heteroatoms. The van der Waals surface area contributed by atoms with Gasteiger partial charge >= 0.3 is 0 Å². The topological polar surface area (TPSA) is 72.2 Å². The van der Waals surface area contributed by atoms with E-state index in [4.69, 9.17) is 0 Å². The number of benzene rings is 1. The SMILES string of the molecule is CCC[C@H](C)NC(=O)c1ccc(C)c([N+](=O)[O-])c1. The number of rotatable bonds is 5. The monoisotopic (exact) mass is 250 g/mol. The third-order valence-electron chi connectivity index (χ3n) is 2.77. The molecule has 0 aliphatic carbocycles. The minimum Gasteiger partial charge on any atom is -0.350 e. The molecule has 1 rings (SSSR count). The maximum Gasteiger partial charge on any atom is 0.273 e. The van der Waals surface area contributed by atoms with Crippen molar-refractivity contribution in [1.82, 2.24) is 5.32 Å². The van der Waals surface area contributed by atoms with Crippen molar-refractivity contribution in [3.8, 4) is 0 Å². The fraction of sp³-hybridized carbons (Fsp3) is 0.462. The molecule has 0 heterocycles. The van der Waals surface area contributed by atoms with E-state index in [2.05, 4.69) is 5.32 Å². The van der Waals surface area contributed by atoms with E-state index in [1.165, 1.54) is 6.07 Å². The van der Waals surface area contributed by atoms with Crippen LogP contribution in [0.2, 0.25) is 0 Å². The molecule has 1 amide bonds. The van der Waals surface area contributed by atoms with Crippen molar-refractivity contribution in [1.29, 1.82) is 0 Å². The van der Waals surface area contributed by atoms with Crippen LogP contribution < -0.4 is 5.32 Å². The fourth-order valence-corrected chi connectivity index (χ4v) is 1.76. The summed E-state index contributed by atoms with van der Waals surface area (Å²) in [5, 5.41) is 13.6.